The quantitative estimate of drug-likeness (QED) is 0.0818. The van der Waals surface area contributed by atoms with Gasteiger partial charge >= 0.3 is 5.97 Å². The third kappa shape index (κ3) is 20.5. The van der Waals surface area contributed by atoms with E-state index in [2.05, 4.69) is 18.7 Å². The zero-order chi connectivity index (χ0) is 26.3. The molecule has 0 unspecified atom stereocenters. The van der Waals surface area contributed by atoms with Gasteiger partial charge in [0.15, 0.2) is 0 Å². The number of carbonyl (C=O) groups is 1. The normalized spacial score (nSPS) is 18.0. The predicted octanol–water partition coefficient (Wildman–Crippen LogP) is 10.1. The minimum absolute atomic E-state index is 0.00315. The summed E-state index contributed by atoms with van der Waals surface area (Å²) < 4.78 is 5.92. The van der Waals surface area contributed by atoms with E-state index in [1.807, 2.05) is 14.1 Å². The lowest BCUT2D eigenvalue weighted by Gasteiger charge is -2.19. The topological polar surface area (TPSA) is 29.5 Å². The van der Waals surface area contributed by atoms with Crippen LogP contribution in [0, 0.1) is 11.8 Å². The van der Waals surface area contributed by atoms with E-state index in [1.165, 1.54) is 135 Å². The molecular formula is C33H65NO2. The lowest BCUT2D eigenvalue weighted by atomic mass is 10.0. The molecule has 0 aliphatic heterocycles. The van der Waals surface area contributed by atoms with Crippen LogP contribution in [-0.4, -0.2) is 37.6 Å². The van der Waals surface area contributed by atoms with Crippen molar-refractivity contribution in [1.29, 1.82) is 0 Å². The lowest BCUT2D eigenvalue weighted by Crippen LogP contribution is -2.22. The monoisotopic (exact) mass is 508 g/mol. The number of ether oxygens (including phenoxy) is 1. The van der Waals surface area contributed by atoms with Crippen LogP contribution < -0.4 is 0 Å². The molecule has 0 bridgehead atoms. The molecule has 3 atom stereocenters. The molecule has 214 valence electrons. The summed E-state index contributed by atoms with van der Waals surface area (Å²) in [7, 11) is 4.03. The summed E-state index contributed by atoms with van der Waals surface area (Å²) in [6.07, 6.45) is 31.9. The number of hydrogen-bond acceptors (Lipinski definition) is 3. The van der Waals surface area contributed by atoms with Crippen molar-refractivity contribution in [3.63, 3.8) is 0 Å². The first-order valence-electron chi connectivity index (χ1n) is 16.4. The Labute approximate surface area is 226 Å². The maximum Gasteiger partial charge on any atom is 0.307 e. The van der Waals surface area contributed by atoms with Gasteiger partial charge < -0.3 is 9.64 Å². The van der Waals surface area contributed by atoms with Gasteiger partial charge in [0.05, 0.1) is 6.42 Å². The van der Waals surface area contributed by atoms with Crippen LogP contribution >= 0.6 is 0 Å². The highest BCUT2D eigenvalue weighted by atomic mass is 16.5. The number of nitrogens with zero attached hydrogens (tertiary/aromatic N) is 1. The predicted molar refractivity (Wildman–Crippen MR) is 158 cm³/mol. The van der Waals surface area contributed by atoms with Gasteiger partial charge in [0.2, 0.25) is 0 Å². The van der Waals surface area contributed by atoms with E-state index in [4.69, 9.17) is 4.74 Å². The van der Waals surface area contributed by atoms with Gasteiger partial charge in [0, 0.05) is 6.54 Å². The van der Waals surface area contributed by atoms with Crippen LogP contribution in [-0.2, 0) is 9.53 Å². The molecule has 3 heteroatoms. The first kappa shape index (κ1) is 33.5. The number of hydrogen-bond donors (Lipinski definition) is 0. The van der Waals surface area contributed by atoms with Gasteiger partial charge in [-0.2, -0.15) is 0 Å². The molecule has 0 aromatic heterocycles. The highest BCUT2D eigenvalue weighted by Gasteiger charge is 2.35. The summed E-state index contributed by atoms with van der Waals surface area (Å²) in [4.78, 5) is 14.4. The van der Waals surface area contributed by atoms with Crippen LogP contribution in [0.25, 0.3) is 0 Å². The third-order valence-electron chi connectivity index (χ3n) is 8.29. The molecule has 3 nitrogen and oxygen atoms in total. The molecule has 0 radical (unpaired) electrons. The molecule has 1 rings (SSSR count). The van der Waals surface area contributed by atoms with Crippen LogP contribution in [0.3, 0.4) is 0 Å². The molecule has 0 amide bonds. The summed E-state index contributed by atoms with van der Waals surface area (Å²) in [5, 5.41) is 0. The minimum Gasteiger partial charge on any atom is -0.462 e. The van der Waals surface area contributed by atoms with Crippen molar-refractivity contribution in [2.75, 3.05) is 20.6 Å². The Balaban J connectivity index is 2.07. The van der Waals surface area contributed by atoms with Gasteiger partial charge in [-0.15, -0.1) is 0 Å². The Morgan fingerprint density at radius 1 is 0.667 bits per heavy atom. The molecular weight excluding hydrogens is 442 g/mol. The van der Waals surface area contributed by atoms with Crippen molar-refractivity contribution in [1.82, 2.24) is 4.90 Å². The molecule has 1 saturated carbocycles. The van der Waals surface area contributed by atoms with Crippen molar-refractivity contribution in [3.05, 3.63) is 0 Å². The van der Waals surface area contributed by atoms with Crippen LogP contribution in [0.1, 0.15) is 168 Å². The summed E-state index contributed by atoms with van der Waals surface area (Å²) >= 11 is 0. The minimum atomic E-state index is -0.00315. The Kier molecular flexibility index (Phi) is 21.9. The van der Waals surface area contributed by atoms with Crippen LogP contribution in [0.15, 0.2) is 0 Å². The smallest absolute Gasteiger partial charge is 0.307 e. The Morgan fingerprint density at radius 2 is 1.08 bits per heavy atom. The number of unbranched alkanes of at least 4 members (excludes halogenated alkanes) is 15. The lowest BCUT2D eigenvalue weighted by molar-refractivity contribution is -0.150. The molecule has 0 aromatic rings. The fraction of sp³-hybridized carbons (Fsp3) is 0.970. The molecule has 0 spiro atoms. The van der Waals surface area contributed by atoms with Gasteiger partial charge in [-0.3, -0.25) is 4.79 Å². The fourth-order valence-electron chi connectivity index (χ4n) is 5.66. The van der Waals surface area contributed by atoms with E-state index in [-0.39, 0.29) is 12.1 Å². The van der Waals surface area contributed by atoms with Crippen LogP contribution in [0.4, 0.5) is 0 Å². The van der Waals surface area contributed by atoms with Crippen molar-refractivity contribution >= 4 is 5.97 Å². The van der Waals surface area contributed by atoms with E-state index >= 15 is 0 Å². The summed E-state index contributed by atoms with van der Waals surface area (Å²) in [6, 6.07) is 0. The van der Waals surface area contributed by atoms with Gasteiger partial charge in [-0.05, 0) is 58.0 Å². The van der Waals surface area contributed by atoms with Crippen molar-refractivity contribution in [2.45, 2.75) is 174 Å². The summed E-state index contributed by atoms with van der Waals surface area (Å²) in [5.41, 5.74) is 0. The van der Waals surface area contributed by atoms with E-state index in [0.717, 1.165) is 31.2 Å². The molecule has 1 aliphatic carbocycles. The Bertz CT molecular complexity index is 492. The van der Waals surface area contributed by atoms with Crippen molar-refractivity contribution in [2.24, 2.45) is 11.8 Å². The van der Waals surface area contributed by atoms with Gasteiger partial charge in [-0.1, -0.05) is 129 Å². The maximum atomic E-state index is 12.3. The average molecular weight is 508 g/mol. The molecule has 0 N–H and O–H groups in total. The SMILES string of the molecule is CCCCCCCCC[C@H](CCCCCCC[C@H]1C[C@@H]1CCCCCCCC)OC(=O)CCN(C)C. The Morgan fingerprint density at radius 3 is 1.53 bits per heavy atom. The largest absolute Gasteiger partial charge is 0.462 e. The van der Waals surface area contributed by atoms with Crippen LogP contribution in [0.2, 0.25) is 0 Å². The molecule has 1 fully saturated rings. The highest BCUT2D eigenvalue weighted by molar-refractivity contribution is 5.69. The highest BCUT2D eigenvalue weighted by Crippen LogP contribution is 2.45. The first-order valence-corrected chi connectivity index (χ1v) is 16.4. The number of rotatable bonds is 27. The van der Waals surface area contributed by atoms with E-state index < -0.39 is 0 Å². The van der Waals surface area contributed by atoms with Gasteiger partial charge in [-0.25, -0.2) is 0 Å². The molecule has 1 aliphatic rings. The first-order chi connectivity index (χ1) is 17.6. The second-order valence-corrected chi connectivity index (χ2v) is 12.2. The van der Waals surface area contributed by atoms with Gasteiger partial charge in [0.1, 0.15) is 6.10 Å². The van der Waals surface area contributed by atoms with Crippen molar-refractivity contribution < 1.29 is 9.53 Å². The zero-order valence-corrected chi connectivity index (χ0v) is 25.2. The zero-order valence-electron chi connectivity index (χ0n) is 25.2. The molecule has 0 saturated heterocycles. The number of carbonyl (C=O) groups excluding carboxylic acids is 1. The molecule has 0 aromatic carbocycles. The standard InChI is InChI=1S/C33H65NO2/c1-5-7-9-11-13-17-21-25-32(36-33(35)27-28-34(3)4)26-22-18-14-16-20-24-31-29-30(31)23-19-15-12-10-8-6-2/h30-32H,5-29H2,1-4H3/t30-,31-,32+/m0/s1. The average Bonchev–Trinajstić information content (AvgIpc) is 3.61. The summed E-state index contributed by atoms with van der Waals surface area (Å²) in [6.45, 7) is 5.36. The fourth-order valence-corrected chi connectivity index (χ4v) is 5.66. The second-order valence-electron chi connectivity index (χ2n) is 12.2. The van der Waals surface area contributed by atoms with E-state index in [0.29, 0.717) is 6.42 Å². The van der Waals surface area contributed by atoms with Gasteiger partial charge in [0.25, 0.3) is 0 Å². The maximum absolute atomic E-state index is 12.3. The second kappa shape index (κ2) is 23.5. The van der Waals surface area contributed by atoms with Crippen LogP contribution in [0.5, 0.6) is 0 Å². The van der Waals surface area contributed by atoms with Crippen molar-refractivity contribution in [3.8, 4) is 0 Å². The molecule has 36 heavy (non-hydrogen) atoms. The summed E-state index contributed by atoms with van der Waals surface area (Å²) in [5.74, 6) is 2.14. The van der Waals surface area contributed by atoms with E-state index in [1.54, 1.807) is 0 Å². The Hall–Kier alpha value is -0.570. The molecule has 0 heterocycles. The number of esters is 1. The van der Waals surface area contributed by atoms with E-state index in [9.17, 15) is 4.79 Å². The third-order valence-corrected chi connectivity index (χ3v) is 8.29.